The van der Waals surface area contributed by atoms with E-state index in [2.05, 4.69) is 15.6 Å². The third kappa shape index (κ3) is 4.06. The van der Waals surface area contributed by atoms with Crippen LogP contribution in [0.25, 0.3) is 0 Å². The van der Waals surface area contributed by atoms with Crippen molar-refractivity contribution in [2.45, 2.75) is 32.8 Å². The van der Waals surface area contributed by atoms with Crippen LogP contribution in [0.15, 0.2) is 18.2 Å². The van der Waals surface area contributed by atoms with Crippen molar-refractivity contribution in [2.75, 3.05) is 23.7 Å². The lowest BCUT2D eigenvalue weighted by Gasteiger charge is -2.22. The van der Waals surface area contributed by atoms with Crippen molar-refractivity contribution in [1.29, 1.82) is 0 Å². The number of pyridine rings is 1. The Balaban J connectivity index is 2.57. The third-order valence-electron chi connectivity index (χ3n) is 2.52. The summed E-state index contributed by atoms with van der Waals surface area (Å²) in [7, 11) is 0. The van der Waals surface area contributed by atoms with Crippen LogP contribution < -0.4 is 10.6 Å². The molecule has 0 saturated heterocycles. The molecule has 0 aromatic carbocycles. The van der Waals surface area contributed by atoms with Crippen molar-refractivity contribution in [3.8, 4) is 0 Å². The summed E-state index contributed by atoms with van der Waals surface area (Å²) in [6, 6.07) is 5.76. The molecular weight excluding hydrogens is 202 g/mol. The smallest absolute Gasteiger partial charge is 0.128 e. The van der Waals surface area contributed by atoms with Gasteiger partial charge in [-0.25, -0.2) is 4.98 Å². The minimum atomic E-state index is -0.685. The molecule has 0 saturated carbocycles. The van der Waals surface area contributed by atoms with E-state index >= 15 is 0 Å². The average Bonchev–Trinajstić information content (AvgIpc) is 2.28. The first-order valence-electron chi connectivity index (χ1n) is 5.74. The zero-order valence-corrected chi connectivity index (χ0v) is 10.2. The minimum absolute atomic E-state index is 0.506. The van der Waals surface area contributed by atoms with Crippen LogP contribution in [-0.4, -0.2) is 28.8 Å². The van der Waals surface area contributed by atoms with Gasteiger partial charge in [0.05, 0.1) is 5.60 Å². The maximum Gasteiger partial charge on any atom is 0.128 e. The second-order valence-corrected chi connectivity index (χ2v) is 4.14. The van der Waals surface area contributed by atoms with Crippen molar-refractivity contribution < 1.29 is 5.11 Å². The van der Waals surface area contributed by atoms with E-state index in [9.17, 15) is 5.11 Å². The van der Waals surface area contributed by atoms with Crippen molar-refractivity contribution in [1.82, 2.24) is 4.98 Å². The normalized spacial score (nSPS) is 14.2. The van der Waals surface area contributed by atoms with Gasteiger partial charge in [-0.2, -0.15) is 0 Å². The van der Waals surface area contributed by atoms with Gasteiger partial charge in [-0.05, 0) is 32.4 Å². The molecule has 0 aliphatic heterocycles. The number of hydrogen-bond donors (Lipinski definition) is 3. The molecule has 4 nitrogen and oxygen atoms in total. The quantitative estimate of drug-likeness (QED) is 0.691. The van der Waals surface area contributed by atoms with Gasteiger partial charge in [0.15, 0.2) is 0 Å². The molecule has 4 heteroatoms. The molecule has 1 unspecified atom stereocenters. The largest absolute Gasteiger partial charge is 0.388 e. The molecule has 3 N–H and O–H groups in total. The fraction of sp³-hybridized carbons (Fsp3) is 0.583. The second kappa shape index (κ2) is 5.70. The maximum absolute atomic E-state index is 9.85. The van der Waals surface area contributed by atoms with Gasteiger partial charge in [-0.15, -0.1) is 0 Å². The number of nitrogens with one attached hydrogen (secondary N) is 2. The molecule has 16 heavy (non-hydrogen) atoms. The summed E-state index contributed by atoms with van der Waals surface area (Å²) in [5.41, 5.74) is -0.685. The predicted molar refractivity (Wildman–Crippen MR) is 67.8 cm³/mol. The lowest BCUT2D eigenvalue weighted by atomic mass is 10.0. The van der Waals surface area contributed by atoms with Gasteiger partial charge in [-0.3, -0.25) is 0 Å². The lowest BCUT2D eigenvalue weighted by molar-refractivity contribution is 0.0696. The molecule has 1 aromatic heterocycles. The Bertz CT molecular complexity index is 326. The molecule has 0 fully saturated rings. The first-order valence-corrected chi connectivity index (χ1v) is 5.74. The number of nitrogens with zero attached hydrogens (tertiary/aromatic N) is 1. The van der Waals surface area contributed by atoms with E-state index in [-0.39, 0.29) is 0 Å². The van der Waals surface area contributed by atoms with Gasteiger partial charge < -0.3 is 15.7 Å². The van der Waals surface area contributed by atoms with Crippen LogP contribution in [-0.2, 0) is 0 Å². The Morgan fingerprint density at radius 1 is 1.25 bits per heavy atom. The zero-order chi connectivity index (χ0) is 12.0. The fourth-order valence-corrected chi connectivity index (χ4v) is 1.22. The van der Waals surface area contributed by atoms with Crippen LogP contribution in [0.2, 0.25) is 0 Å². The Kier molecular flexibility index (Phi) is 4.55. The minimum Gasteiger partial charge on any atom is -0.388 e. The molecule has 90 valence electrons. The van der Waals surface area contributed by atoms with E-state index in [1.165, 1.54) is 0 Å². The van der Waals surface area contributed by atoms with E-state index in [4.69, 9.17) is 0 Å². The molecular formula is C12H21N3O. The van der Waals surface area contributed by atoms with Crippen molar-refractivity contribution in [3.05, 3.63) is 18.2 Å². The Hall–Kier alpha value is -1.29. The van der Waals surface area contributed by atoms with Crippen molar-refractivity contribution >= 4 is 11.6 Å². The first-order chi connectivity index (χ1) is 7.57. The van der Waals surface area contributed by atoms with Gasteiger partial charge in [0.2, 0.25) is 0 Å². The highest BCUT2D eigenvalue weighted by atomic mass is 16.3. The van der Waals surface area contributed by atoms with Crippen molar-refractivity contribution in [3.63, 3.8) is 0 Å². The maximum atomic E-state index is 9.85. The van der Waals surface area contributed by atoms with Crippen LogP contribution in [0.1, 0.15) is 27.2 Å². The molecule has 0 bridgehead atoms. The molecule has 0 spiro atoms. The first kappa shape index (κ1) is 12.8. The summed E-state index contributed by atoms with van der Waals surface area (Å²) in [5, 5.41) is 16.1. The number of anilines is 2. The SMILES string of the molecule is CCNc1cccc(NCC(C)(O)CC)n1. The summed E-state index contributed by atoms with van der Waals surface area (Å²) in [4.78, 5) is 4.37. The van der Waals surface area contributed by atoms with Crippen LogP contribution in [0.5, 0.6) is 0 Å². The topological polar surface area (TPSA) is 57.2 Å². The molecule has 0 amide bonds. The zero-order valence-electron chi connectivity index (χ0n) is 10.2. The third-order valence-corrected chi connectivity index (χ3v) is 2.52. The highest BCUT2D eigenvalue weighted by molar-refractivity contribution is 5.45. The highest BCUT2D eigenvalue weighted by Crippen LogP contribution is 2.12. The summed E-state index contributed by atoms with van der Waals surface area (Å²) in [5.74, 6) is 1.64. The Morgan fingerprint density at radius 2 is 1.88 bits per heavy atom. The molecule has 0 aliphatic rings. The molecule has 1 heterocycles. The van der Waals surface area contributed by atoms with Gasteiger partial charge in [0.1, 0.15) is 11.6 Å². The van der Waals surface area contributed by atoms with Crippen LogP contribution in [0.4, 0.5) is 11.6 Å². The molecule has 1 aromatic rings. The Labute approximate surface area is 97.1 Å². The van der Waals surface area contributed by atoms with Crippen LogP contribution in [0, 0.1) is 0 Å². The summed E-state index contributed by atoms with van der Waals surface area (Å²) in [6.07, 6.45) is 0.715. The molecule has 0 aliphatic carbocycles. The number of hydrogen-bond acceptors (Lipinski definition) is 4. The monoisotopic (exact) mass is 223 g/mol. The second-order valence-electron chi connectivity index (χ2n) is 4.14. The van der Waals surface area contributed by atoms with Crippen LogP contribution in [0.3, 0.4) is 0 Å². The fourth-order valence-electron chi connectivity index (χ4n) is 1.22. The van der Waals surface area contributed by atoms with Gasteiger partial charge in [0, 0.05) is 13.1 Å². The summed E-state index contributed by atoms with van der Waals surface area (Å²) >= 11 is 0. The van der Waals surface area contributed by atoms with E-state index < -0.39 is 5.60 Å². The highest BCUT2D eigenvalue weighted by Gasteiger charge is 2.16. The van der Waals surface area contributed by atoms with Gasteiger partial charge >= 0.3 is 0 Å². The van der Waals surface area contributed by atoms with Crippen LogP contribution >= 0.6 is 0 Å². The molecule has 1 atom stereocenters. The van der Waals surface area contributed by atoms with Gasteiger partial charge in [-0.1, -0.05) is 13.0 Å². The van der Waals surface area contributed by atoms with E-state index in [0.717, 1.165) is 18.2 Å². The average molecular weight is 223 g/mol. The number of aliphatic hydroxyl groups is 1. The summed E-state index contributed by atoms with van der Waals surface area (Å²) < 4.78 is 0. The number of rotatable bonds is 6. The summed E-state index contributed by atoms with van der Waals surface area (Å²) in [6.45, 7) is 7.16. The standard InChI is InChI=1S/C12H21N3O/c1-4-12(3,16)9-14-11-8-6-7-10(15-11)13-5-2/h6-8,16H,4-5,9H2,1-3H3,(H2,13,14,15). The molecule has 1 rings (SSSR count). The van der Waals surface area contributed by atoms with E-state index in [1.807, 2.05) is 39.0 Å². The van der Waals surface area contributed by atoms with Crippen molar-refractivity contribution in [2.24, 2.45) is 0 Å². The van der Waals surface area contributed by atoms with E-state index in [0.29, 0.717) is 13.0 Å². The Morgan fingerprint density at radius 3 is 2.44 bits per heavy atom. The van der Waals surface area contributed by atoms with E-state index in [1.54, 1.807) is 0 Å². The predicted octanol–water partition coefficient (Wildman–Crippen LogP) is 2.09. The lowest BCUT2D eigenvalue weighted by Crippen LogP contribution is -2.32. The molecule has 0 radical (unpaired) electrons. The number of aromatic nitrogens is 1. The van der Waals surface area contributed by atoms with Gasteiger partial charge in [0.25, 0.3) is 0 Å².